The maximum Gasteiger partial charge on any atom is 0.191 e. The number of benzene rings is 1. The Hall–Kier alpha value is -1.92. The molecule has 0 saturated carbocycles. The van der Waals surface area contributed by atoms with E-state index in [4.69, 9.17) is 0 Å². The molecule has 0 radical (unpaired) electrons. The van der Waals surface area contributed by atoms with Crippen LogP contribution in [0, 0.1) is 12.8 Å². The lowest BCUT2D eigenvalue weighted by Gasteiger charge is -2.38. The lowest BCUT2D eigenvalue weighted by Crippen LogP contribution is -2.50. The van der Waals surface area contributed by atoms with E-state index < -0.39 is 0 Å². The molecule has 2 heterocycles. The van der Waals surface area contributed by atoms with Gasteiger partial charge in [-0.15, -0.1) is 11.3 Å². The first-order chi connectivity index (χ1) is 13.1. The topological polar surface area (TPSA) is 52.6 Å². The molecule has 0 aliphatic carbocycles. The smallest absolute Gasteiger partial charge is 0.191 e. The third kappa shape index (κ3) is 5.30. The van der Waals surface area contributed by atoms with Crippen LogP contribution in [0.4, 0.5) is 0 Å². The van der Waals surface area contributed by atoms with Crippen LogP contribution in [-0.4, -0.2) is 42.0 Å². The van der Waals surface area contributed by atoms with Crippen molar-refractivity contribution in [1.82, 2.24) is 20.5 Å². The number of aryl methyl sites for hydroxylation is 1. The SMILES string of the molecule is CN=C(NCc1ncc(C)s1)NCC(C(C)C)N1CCc2ccccc2C1. The van der Waals surface area contributed by atoms with Crippen LogP contribution in [0.2, 0.25) is 0 Å². The fourth-order valence-corrected chi connectivity index (χ4v) is 4.38. The van der Waals surface area contributed by atoms with Crippen molar-refractivity contribution in [3.05, 3.63) is 51.5 Å². The number of nitrogens with zero attached hydrogens (tertiary/aromatic N) is 3. The molecule has 1 aromatic carbocycles. The lowest BCUT2D eigenvalue weighted by atomic mass is 9.95. The van der Waals surface area contributed by atoms with Crippen LogP contribution in [0.3, 0.4) is 0 Å². The molecular weight excluding hydrogens is 354 g/mol. The molecule has 0 bridgehead atoms. The Labute approximate surface area is 166 Å². The van der Waals surface area contributed by atoms with Crippen molar-refractivity contribution >= 4 is 17.3 Å². The average molecular weight is 386 g/mol. The molecule has 146 valence electrons. The van der Waals surface area contributed by atoms with Gasteiger partial charge in [0.05, 0.1) is 6.54 Å². The maximum absolute atomic E-state index is 4.41. The lowest BCUT2D eigenvalue weighted by molar-refractivity contribution is 0.140. The molecule has 1 unspecified atom stereocenters. The van der Waals surface area contributed by atoms with Crippen LogP contribution < -0.4 is 10.6 Å². The molecule has 6 heteroatoms. The molecule has 1 atom stereocenters. The van der Waals surface area contributed by atoms with Crippen LogP contribution in [0.15, 0.2) is 35.5 Å². The van der Waals surface area contributed by atoms with Crippen molar-refractivity contribution in [3.8, 4) is 0 Å². The van der Waals surface area contributed by atoms with Crippen LogP contribution in [0.5, 0.6) is 0 Å². The molecule has 2 N–H and O–H groups in total. The Morgan fingerprint density at radius 3 is 2.70 bits per heavy atom. The molecule has 27 heavy (non-hydrogen) atoms. The molecule has 0 saturated heterocycles. The minimum absolute atomic E-state index is 0.471. The number of hydrogen-bond acceptors (Lipinski definition) is 4. The van der Waals surface area contributed by atoms with Gasteiger partial charge < -0.3 is 10.6 Å². The van der Waals surface area contributed by atoms with Gasteiger partial charge in [-0.25, -0.2) is 4.98 Å². The Morgan fingerprint density at radius 2 is 2.04 bits per heavy atom. The van der Waals surface area contributed by atoms with Gasteiger partial charge in [0.1, 0.15) is 5.01 Å². The van der Waals surface area contributed by atoms with E-state index >= 15 is 0 Å². The molecule has 1 aromatic heterocycles. The minimum Gasteiger partial charge on any atom is -0.355 e. The number of fused-ring (bicyclic) bond motifs is 1. The highest BCUT2D eigenvalue weighted by Gasteiger charge is 2.25. The fourth-order valence-electron chi connectivity index (χ4n) is 3.65. The van der Waals surface area contributed by atoms with E-state index in [9.17, 15) is 0 Å². The summed E-state index contributed by atoms with van der Waals surface area (Å²) in [5, 5.41) is 7.99. The van der Waals surface area contributed by atoms with Crippen LogP contribution in [-0.2, 0) is 19.5 Å². The second-order valence-electron chi connectivity index (χ2n) is 7.47. The van der Waals surface area contributed by atoms with Gasteiger partial charge in [0.25, 0.3) is 0 Å². The quantitative estimate of drug-likeness (QED) is 0.592. The fraction of sp³-hybridized carbons (Fsp3) is 0.524. The van der Waals surface area contributed by atoms with Gasteiger partial charge in [0.2, 0.25) is 0 Å². The molecule has 5 nitrogen and oxygen atoms in total. The van der Waals surface area contributed by atoms with Gasteiger partial charge in [-0.1, -0.05) is 38.1 Å². The van der Waals surface area contributed by atoms with Crippen molar-refractivity contribution < 1.29 is 0 Å². The maximum atomic E-state index is 4.41. The van der Waals surface area contributed by atoms with E-state index in [-0.39, 0.29) is 0 Å². The number of guanidine groups is 1. The minimum atomic E-state index is 0.471. The molecule has 0 fully saturated rings. The summed E-state index contributed by atoms with van der Waals surface area (Å²) in [4.78, 5) is 12.6. The Morgan fingerprint density at radius 1 is 1.26 bits per heavy atom. The summed E-state index contributed by atoms with van der Waals surface area (Å²) in [6.45, 7) is 10.4. The van der Waals surface area contributed by atoms with Crippen LogP contribution in [0.1, 0.15) is 34.9 Å². The highest BCUT2D eigenvalue weighted by molar-refractivity contribution is 7.11. The number of aromatic nitrogens is 1. The highest BCUT2D eigenvalue weighted by atomic mass is 32.1. The van der Waals surface area contributed by atoms with Gasteiger partial charge >= 0.3 is 0 Å². The summed E-state index contributed by atoms with van der Waals surface area (Å²) in [5.41, 5.74) is 2.97. The first-order valence-electron chi connectivity index (χ1n) is 9.73. The highest BCUT2D eigenvalue weighted by Crippen LogP contribution is 2.22. The van der Waals surface area contributed by atoms with Crippen molar-refractivity contribution in [3.63, 3.8) is 0 Å². The molecule has 1 aliphatic heterocycles. The van der Waals surface area contributed by atoms with Crippen molar-refractivity contribution in [2.75, 3.05) is 20.1 Å². The molecule has 2 aromatic rings. The second kappa shape index (κ2) is 9.33. The van der Waals surface area contributed by atoms with E-state index in [1.165, 1.54) is 16.0 Å². The number of nitrogens with one attached hydrogen (secondary N) is 2. The standard InChI is InChI=1S/C21H31N5S/c1-15(2)19(26-10-9-17-7-5-6-8-18(17)14-26)12-24-21(22-4)25-13-20-23-11-16(3)27-20/h5-8,11,15,19H,9-10,12-14H2,1-4H3,(H2,22,24,25). The first-order valence-corrected chi connectivity index (χ1v) is 10.5. The average Bonchev–Trinajstić information content (AvgIpc) is 3.09. The number of hydrogen-bond donors (Lipinski definition) is 2. The third-order valence-electron chi connectivity index (χ3n) is 5.18. The van der Waals surface area contributed by atoms with E-state index in [2.05, 4.69) is 70.5 Å². The van der Waals surface area contributed by atoms with Gasteiger partial charge in [-0.3, -0.25) is 9.89 Å². The monoisotopic (exact) mass is 385 g/mol. The van der Waals surface area contributed by atoms with E-state index in [1.807, 2.05) is 13.2 Å². The molecule has 1 aliphatic rings. The predicted molar refractivity (Wildman–Crippen MR) is 114 cm³/mol. The zero-order chi connectivity index (χ0) is 19.2. The summed E-state index contributed by atoms with van der Waals surface area (Å²) >= 11 is 1.72. The van der Waals surface area contributed by atoms with Gasteiger partial charge in [-0.2, -0.15) is 0 Å². The normalized spacial score (nSPS) is 16.3. The molecule has 0 spiro atoms. The Kier molecular flexibility index (Phi) is 6.85. The summed E-state index contributed by atoms with van der Waals surface area (Å²) in [5.74, 6) is 1.41. The molecule has 0 amide bonds. The zero-order valence-electron chi connectivity index (χ0n) is 16.8. The first kappa shape index (κ1) is 19.8. The number of thiazole rings is 1. The molecular formula is C21H31N5S. The van der Waals surface area contributed by atoms with Crippen LogP contribution >= 0.6 is 11.3 Å². The Bertz CT molecular complexity index is 767. The summed E-state index contributed by atoms with van der Waals surface area (Å²) < 4.78 is 0. The largest absolute Gasteiger partial charge is 0.355 e. The summed E-state index contributed by atoms with van der Waals surface area (Å²) in [6.07, 6.45) is 3.05. The number of rotatable bonds is 6. The van der Waals surface area contributed by atoms with Crippen molar-refractivity contribution in [2.45, 2.75) is 46.3 Å². The van der Waals surface area contributed by atoms with Crippen molar-refractivity contribution in [1.29, 1.82) is 0 Å². The predicted octanol–water partition coefficient (Wildman–Crippen LogP) is 3.20. The van der Waals surface area contributed by atoms with Gasteiger partial charge in [0.15, 0.2) is 5.96 Å². The molecule has 3 rings (SSSR count). The second-order valence-corrected chi connectivity index (χ2v) is 8.79. The van der Waals surface area contributed by atoms with E-state index in [0.29, 0.717) is 18.5 Å². The van der Waals surface area contributed by atoms with E-state index in [1.54, 1.807) is 11.3 Å². The summed E-state index contributed by atoms with van der Waals surface area (Å²) in [6, 6.07) is 9.30. The third-order valence-corrected chi connectivity index (χ3v) is 6.09. The number of aliphatic imine (C=N–C) groups is 1. The summed E-state index contributed by atoms with van der Waals surface area (Å²) in [7, 11) is 1.82. The Balaban J connectivity index is 1.56. The van der Waals surface area contributed by atoms with Gasteiger partial charge in [0, 0.05) is 43.8 Å². The van der Waals surface area contributed by atoms with Gasteiger partial charge in [-0.05, 0) is 30.4 Å². The zero-order valence-corrected chi connectivity index (χ0v) is 17.6. The van der Waals surface area contributed by atoms with Crippen LogP contribution in [0.25, 0.3) is 0 Å². The van der Waals surface area contributed by atoms with E-state index in [0.717, 1.165) is 37.0 Å². The van der Waals surface area contributed by atoms with Crippen molar-refractivity contribution in [2.24, 2.45) is 10.9 Å².